The minimum absolute atomic E-state index is 0.209. The van der Waals surface area contributed by atoms with Crippen molar-refractivity contribution in [3.8, 4) is 0 Å². The van der Waals surface area contributed by atoms with Gasteiger partial charge in [-0.15, -0.1) is 0 Å². The van der Waals surface area contributed by atoms with E-state index in [9.17, 15) is 0 Å². The fraction of sp³-hybridized carbons (Fsp3) is 0.333. The highest BCUT2D eigenvalue weighted by molar-refractivity contribution is 5.76. The normalized spacial score (nSPS) is 11.7. The second-order valence-electron chi connectivity index (χ2n) is 2.33. The molecule has 1 rings (SSSR count). The molecule has 0 aliphatic heterocycles. The van der Waals surface area contributed by atoms with Crippen molar-refractivity contribution in [2.45, 2.75) is 6.54 Å². The molecule has 1 aromatic heterocycles. The van der Waals surface area contributed by atoms with Gasteiger partial charge in [-0.05, 0) is 6.07 Å². The number of aliphatic imine (C=N–C) groups is 1. The van der Waals surface area contributed by atoms with Gasteiger partial charge in [0.05, 0.1) is 12.2 Å². The van der Waals surface area contributed by atoms with Crippen molar-refractivity contribution in [3.63, 3.8) is 0 Å². The molecule has 0 bridgehead atoms. The van der Waals surface area contributed by atoms with Crippen LogP contribution in [0.2, 0.25) is 0 Å². The molecule has 0 amide bonds. The standard InChI is InChI=1S/C6H12N6/c1-12-3-2-5(11-12)4-9-6(7)10-8/h2-3H,4,8H2,1H3,(H3,7,9,10). The van der Waals surface area contributed by atoms with Crippen LogP contribution >= 0.6 is 0 Å². The van der Waals surface area contributed by atoms with E-state index in [1.807, 2.05) is 19.3 Å². The average Bonchev–Trinajstić information content (AvgIpc) is 2.47. The van der Waals surface area contributed by atoms with Gasteiger partial charge >= 0.3 is 0 Å². The lowest BCUT2D eigenvalue weighted by Gasteiger charge is -1.95. The van der Waals surface area contributed by atoms with Crippen LogP contribution in [0.15, 0.2) is 17.3 Å². The van der Waals surface area contributed by atoms with Crippen LogP contribution in [-0.2, 0) is 13.6 Å². The fourth-order valence-corrected chi connectivity index (χ4v) is 0.759. The number of hydrazine groups is 1. The van der Waals surface area contributed by atoms with Gasteiger partial charge in [0.1, 0.15) is 0 Å². The predicted molar refractivity (Wildman–Crippen MR) is 45.9 cm³/mol. The molecule has 66 valence electrons. The Morgan fingerprint density at radius 2 is 2.58 bits per heavy atom. The minimum Gasteiger partial charge on any atom is -0.369 e. The molecule has 0 aliphatic carbocycles. The molecule has 6 heteroatoms. The summed E-state index contributed by atoms with van der Waals surface area (Å²) < 4.78 is 1.71. The number of nitrogens with zero attached hydrogens (tertiary/aromatic N) is 3. The smallest absolute Gasteiger partial charge is 0.203 e. The molecule has 0 aliphatic rings. The van der Waals surface area contributed by atoms with Crippen LogP contribution in [0.3, 0.4) is 0 Å². The monoisotopic (exact) mass is 168 g/mol. The largest absolute Gasteiger partial charge is 0.369 e. The number of hydrogen-bond donors (Lipinski definition) is 3. The third kappa shape index (κ3) is 2.24. The quantitative estimate of drug-likeness (QED) is 0.221. The molecule has 0 atom stereocenters. The van der Waals surface area contributed by atoms with Crippen molar-refractivity contribution in [3.05, 3.63) is 18.0 Å². The summed E-state index contributed by atoms with van der Waals surface area (Å²) in [5.74, 6) is 5.22. The molecule has 0 saturated heterocycles. The molecule has 1 heterocycles. The van der Waals surface area contributed by atoms with Gasteiger partial charge in [0, 0.05) is 13.2 Å². The maximum absolute atomic E-state index is 5.31. The molecule has 6 nitrogen and oxygen atoms in total. The molecular weight excluding hydrogens is 156 g/mol. The Balaban J connectivity index is 2.53. The third-order valence-corrected chi connectivity index (χ3v) is 1.33. The topological polar surface area (TPSA) is 94.2 Å². The number of nitrogens with one attached hydrogen (secondary N) is 1. The molecule has 0 aromatic carbocycles. The van der Waals surface area contributed by atoms with E-state index in [0.717, 1.165) is 5.69 Å². The van der Waals surface area contributed by atoms with E-state index in [0.29, 0.717) is 6.54 Å². The Hall–Kier alpha value is -1.56. The van der Waals surface area contributed by atoms with Crippen LogP contribution in [0.25, 0.3) is 0 Å². The molecule has 0 saturated carbocycles. The summed E-state index contributed by atoms with van der Waals surface area (Å²) in [4.78, 5) is 3.91. The molecule has 0 spiro atoms. The van der Waals surface area contributed by atoms with E-state index >= 15 is 0 Å². The van der Waals surface area contributed by atoms with Crippen LogP contribution in [0, 0.1) is 0 Å². The SMILES string of the molecule is Cn1ccc(CN=C(N)NN)n1. The van der Waals surface area contributed by atoms with Crippen molar-refractivity contribution < 1.29 is 0 Å². The molecular formula is C6H12N6. The van der Waals surface area contributed by atoms with E-state index in [4.69, 9.17) is 11.6 Å². The van der Waals surface area contributed by atoms with Gasteiger partial charge in [-0.3, -0.25) is 10.1 Å². The van der Waals surface area contributed by atoms with Gasteiger partial charge in [0.25, 0.3) is 0 Å². The summed E-state index contributed by atoms with van der Waals surface area (Å²) >= 11 is 0. The first-order chi connectivity index (χ1) is 5.72. The zero-order chi connectivity index (χ0) is 8.97. The van der Waals surface area contributed by atoms with E-state index in [1.165, 1.54) is 0 Å². The van der Waals surface area contributed by atoms with E-state index in [2.05, 4.69) is 15.5 Å². The van der Waals surface area contributed by atoms with Crippen LogP contribution < -0.4 is 17.0 Å². The summed E-state index contributed by atoms with van der Waals surface area (Å²) in [7, 11) is 1.84. The fourth-order valence-electron chi connectivity index (χ4n) is 0.759. The maximum Gasteiger partial charge on any atom is 0.203 e. The van der Waals surface area contributed by atoms with Gasteiger partial charge in [-0.1, -0.05) is 0 Å². The summed E-state index contributed by atoms with van der Waals surface area (Å²) in [6.07, 6.45) is 1.84. The van der Waals surface area contributed by atoms with Crippen LogP contribution in [0.1, 0.15) is 5.69 Å². The van der Waals surface area contributed by atoms with E-state index in [-0.39, 0.29) is 5.96 Å². The first kappa shape index (κ1) is 8.54. The van der Waals surface area contributed by atoms with Crippen LogP contribution in [0.5, 0.6) is 0 Å². The van der Waals surface area contributed by atoms with Gasteiger partial charge < -0.3 is 5.73 Å². The first-order valence-corrected chi connectivity index (χ1v) is 3.47. The van der Waals surface area contributed by atoms with Gasteiger partial charge in [-0.2, -0.15) is 5.10 Å². The van der Waals surface area contributed by atoms with E-state index < -0.39 is 0 Å². The summed E-state index contributed by atoms with van der Waals surface area (Å²) in [6, 6.07) is 1.87. The predicted octanol–water partition coefficient (Wildman–Crippen LogP) is -1.30. The molecule has 12 heavy (non-hydrogen) atoms. The molecule has 1 aromatic rings. The molecule has 0 radical (unpaired) electrons. The highest BCUT2D eigenvalue weighted by atomic mass is 15.3. The van der Waals surface area contributed by atoms with Gasteiger partial charge in [0.15, 0.2) is 0 Å². The number of hydrogen-bond acceptors (Lipinski definition) is 3. The highest BCUT2D eigenvalue weighted by Crippen LogP contribution is 1.95. The number of aromatic nitrogens is 2. The Labute approximate surface area is 70.2 Å². The highest BCUT2D eigenvalue weighted by Gasteiger charge is 1.94. The Morgan fingerprint density at radius 1 is 1.83 bits per heavy atom. The summed E-state index contributed by atoms with van der Waals surface area (Å²) in [6.45, 7) is 0.441. The van der Waals surface area contributed by atoms with Crippen molar-refractivity contribution in [1.29, 1.82) is 0 Å². The first-order valence-electron chi connectivity index (χ1n) is 3.47. The zero-order valence-corrected chi connectivity index (χ0v) is 6.86. The Bertz CT molecular complexity index is 275. The van der Waals surface area contributed by atoms with Crippen LogP contribution in [-0.4, -0.2) is 15.7 Å². The number of aryl methyl sites for hydroxylation is 1. The number of guanidine groups is 1. The lowest BCUT2D eigenvalue weighted by molar-refractivity contribution is 0.742. The molecule has 0 unspecified atom stereocenters. The number of rotatable bonds is 2. The van der Waals surface area contributed by atoms with Crippen molar-refractivity contribution >= 4 is 5.96 Å². The lowest BCUT2D eigenvalue weighted by atomic mass is 10.4. The third-order valence-electron chi connectivity index (χ3n) is 1.33. The maximum atomic E-state index is 5.31. The van der Waals surface area contributed by atoms with Crippen molar-refractivity contribution in [1.82, 2.24) is 15.2 Å². The summed E-state index contributed by atoms with van der Waals surface area (Å²) in [5, 5.41) is 4.10. The second-order valence-corrected chi connectivity index (χ2v) is 2.33. The van der Waals surface area contributed by atoms with Crippen molar-refractivity contribution in [2.75, 3.05) is 0 Å². The second kappa shape index (κ2) is 3.72. The molecule has 0 fully saturated rings. The Kier molecular flexibility index (Phi) is 2.65. The molecule has 5 N–H and O–H groups in total. The van der Waals surface area contributed by atoms with E-state index in [1.54, 1.807) is 4.68 Å². The summed E-state index contributed by atoms with van der Waals surface area (Å²) in [5.41, 5.74) is 8.40. The minimum atomic E-state index is 0.209. The van der Waals surface area contributed by atoms with Gasteiger partial charge in [0.2, 0.25) is 5.96 Å². The number of nitrogens with two attached hydrogens (primary N) is 2. The average molecular weight is 168 g/mol. The van der Waals surface area contributed by atoms with Gasteiger partial charge in [-0.25, -0.2) is 10.8 Å². The lowest BCUT2D eigenvalue weighted by Crippen LogP contribution is -2.37. The van der Waals surface area contributed by atoms with Crippen LogP contribution in [0.4, 0.5) is 0 Å². The zero-order valence-electron chi connectivity index (χ0n) is 6.86. The van der Waals surface area contributed by atoms with Crippen molar-refractivity contribution in [2.24, 2.45) is 23.6 Å². The Morgan fingerprint density at radius 3 is 3.08 bits per heavy atom.